The molecule has 4 rings (SSSR count). The summed E-state index contributed by atoms with van der Waals surface area (Å²) in [7, 11) is 0. The molecule has 0 saturated carbocycles. The van der Waals surface area contributed by atoms with Crippen LogP contribution in [0.15, 0.2) is 24.3 Å². The number of carbonyl (C=O) groups excluding carboxylic acids is 2. The average molecular weight is 313 g/mol. The number of benzene rings is 1. The molecule has 1 aromatic rings. The molecule has 3 atom stereocenters. The number of aliphatic hydroxyl groups is 1. The minimum absolute atomic E-state index is 0.0754. The summed E-state index contributed by atoms with van der Waals surface area (Å²) in [4.78, 5) is 28.3. The standard InChI is InChI=1S/C18H21N2O3/c21-14(10-19-12-4-3-5-13(19)9-8-12)11-20-17(22)15-6-1-2-7-16(15)18(20)23/h1-3,6-7,12-14,21H,4-5,8-11H2/t12-,13+,14?. The Balaban J connectivity index is 1.43. The first-order valence-corrected chi connectivity index (χ1v) is 8.36. The molecule has 1 unspecified atom stereocenters. The SMILES string of the molecule is O=C1c2ccccc2C(=O)N1CC(O)CN1[C@@H]2C[CH]C[C@H]1CC2. The number of piperidine rings is 1. The van der Waals surface area contributed by atoms with Gasteiger partial charge in [0.25, 0.3) is 11.8 Å². The molecule has 2 amide bonds. The minimum Gasteiger partial charge on any atom is -0.390 e. The fourth-order valence-corrected chi connectivity index (χ4v) is 4.22. The highest BCUT2D eigenvalue weighted by Crippen LogP contribution is 2.35. The van der Waals surface area contributed by atoms with Crippen LogP contribution < -0.4 is 0 Å². The van der Waals surface area contributed by atoms with E-state index in [0.29, 0.717) is 29.8 Å². The average Bonchev–Trinajstić information content (AvgIpc) is 2.92. The third kappa shape index (κ3) is 2.48. The van der Waals surface area contributed by atoms with Crippen molar-refractivity contribution < 1.29 is 14.7 Å². The van der Waals surface area contributed by atoms with Crippen molar-refractivity contribution in [3.8, 4) is 0 Å². The molecular weight excluding hydrogens is 292 g/mol. The Morgan fingerprint density at radius 1 is 1.00 bits per heavy atom. The van der Waals surface area contributed by atoms with E-state index in [-0.39, 0.29) is 18.4 Å². The number of imide groups is 1. The van der Waals surface area contributed by atoms with Gasteiger partial charge in [0.1, 0.15) is 0 Å². The molecular formula is C18H21N2O3. The topological polar surface area (TPSA) is 60.9 Å². The monoisotopic (exact) mass is 313 g/mol. The molecule has 1 N–H and O–H groups in total. The van der Waals surface area contributed by atoms with E-state index in [4.69, 9.17) is 0 Å². The smallest absolute Gasteiger partial charge is 0.261 e. The Hall–Kier alpha value is -1.72. The lowest BCUT2D eigenvalue weighted by molar-refractivity contribution is 0.0380. The van der Waals surface area contributed by atoms with Crippen molar-refractivity contribution in [3.05, 3.63) is 41.8 Å². The van der Waals surface area contributed by atoms with Crippen LogP contribution >= 0.6 is 0 Å². The summed E-state index contributed by atoms with van der Waals surface area (Å²) in [5.74, 6) is -0.584. The van der Waals surface area contributed by atoms with Gasteiger partial charge in [-0.15, -0.1) is 0 Å². The number of aliphatic hydroxyl groups excluding tert-OH is 1. The molecule has 2 saturated heterocycles. The molecule has 23 heavy (non-hydrogen) atoms. The number of hydrogen-bond donors (Lipinski definition) is 1. The summed E-state index contributed by atoms with van der Waals surface area (Å²) in [6, 6.07) is 7.89. The van der Waals surface area contributed by atoms with Gasteiger partial charge in [0, 0.05) is 18.6 Å². The Labute approximate surface area is 135 Å². The van der Waals surface area contributed by atoms with Gasteiger partial charge < -0.3 is 5.11 Å². The molecule has 3 heterocycles. The number of carbonyl (C=O) groups is 2. The van der Waals surface area contributed by atoms with E-state index in [2.05, 4.69) is 11.3 Å². The second-order valence-corrected chi connectivity index (χ2v) is 6.76. The van der Waals surface area contributed by atoms with Gasteiger partial charge in [-0.2, -0.15) is 0 Å². The van der Waals surface area contributed by atoms with E-state index < -0.39 is 6.10 Å². The molecule has 1 aromatic carbocycles. The van der Waals surface area contributed by atoms with Crippen LogP contribution in [0.25, 0.3) is 0 Å². The normalized spacial score (nSPS) is 28.3. The Bertz CT molecular complexity index is 594. The van der Waals surface area contributed by atoms with E-state index in [1.54, 1.807) is 24.3 Å². The first-order valence-electron chi connectivity index (χ1n) is 8.36. The summed E-state index contributed by atoms with van der Waals surface area (Å²) in [6.07, 6.45) is 6.17. The highest BCUT2D eigenvalue weighted by molar-refractivity contribution is 6.21. The summed E-state index contributed by atoms with van der Waals surface area (Å²) in [6.45, 7) is 0.614. The van der Waals surface area contributed by atoms with Gasteiger partial charge in [-0.25, -0.2) is 0 Å². The quantitative estimate of drug-likeness (QED) is 0.855. The molecule has 2 bridgehead atoms. The van der Waals surface area contributed by atoms with E-state index in [0.717, 1.165) is 12.8 Å². The first-order chi connectivity index (χ1) is 11.1. The van der Waals surface area contributed by atoms with Gasteiger partial charge >= 0.3 is 0 Å². The van der Waals surface area contributed by atoms with E-state index >= 15 is 0 Å². The zero-order valence-electron chi connectivity index (χ0n) is 13.0. The van der Waals surface area contributed by atoms with Crippen LogP contribution in [0.5, 0.6) is 0 Å². The molecule has 0 aromatic heterocycles. The molecule has 3 aliphatic heterocycles. The maximum atomic E-state index is 12.4. The summed E-state index contributed by atoms with van der Waals surface area (Å²) < 4.78 is 0. The molecule has 121 valence electrons. The van der Waals surface area contributed by atoms with Crippen LogP contribution in [-0.2, 0) is 0 Å². The molecule has 1 radical (unpaired) electrons. The van der Waals surface area contributed by atoms with Gasteiger partial charge in [0.05, 0.1) is 23.8 Å². The van der Waals surface area contributed by atoms with Crippen molar-refractivity contribution in [2.45, 2.75) is 43.9 Å². The lowest BCUT2D eigenvalue weighted by Gasteiger charge is -2.36. The van der Waals surface area contributed by atoms with Gasteiger partial charge in [-0.1, -0.05) is 12.1 Å². The largest absolute Gasteiger partial charge is 0.390 e. The highest BCUT2D eigenvalue weighted by atomic mass is 16.3. The van der Waals surface area contributed by atoms with Crippen molar-refractivity contribution in [1.29, 1.82) is 0 Å². The predicted octanol–water partition coefficient (Wildman–Crippen LogP) is 1.47. The van der Waals surface area contributed by atoms with E-state index in [1.807, 2.05) is 0 Å². The van der Waals surface area contributed by atoms with Gasteiger partial charge in [0.2, 0.25) is 0 Å². The zero-order valence-corrected chi connectivity index (χ0v) is 13.0. The number of amides is 2. The predicted molar refractivity (Wildman–Crippen MR) is 84.9 cm³/mol. The van der Waals surface area contributed by atoms with Crippen molar-refractivity contribution in [2.24, 2.45) is 0 Å². The number of rotatable bonds is 4. The molecule has 3 aliphatic rings. The molecule has 5 heteroatoms. The van der Waals surface area contributed by atoms with Crippen molar-refractivity contribution in [3.63, 3.8) is 0 Å². The minimum atomic E-state index is -0.696. The Kier molecular flexibility index (Phi) is 3.70. The third-order valence-electron chi connectivity index (χ3n) is 5.34. The van der Waals surface area contributed by atoms with Crippen molar-refractivity contribution in [1.82, 2.24) is 9.80 Å². The number of nitrogens with zero attached hydrogens (tertiary/aromatic N) is 2. The van der Waals surface area contributed by atoms with Crippen LogP contribution in [0, 0.1) is 6.42 Å². The Morgan fingerprint density at radius 3 is 2.13 bits per heavy atom. The maximum Gasteiger partial charge on any atom is 0.261 e. The number of hydrogen-bond acceptors (Lipinski definition) is 4. The Morgan fingerprint density at radius 2 is 1.57 bits per heavy atom. The van der Waals surface area contributed by atoms with Crippen LogP contribution in [0.1, 0.15) is 46.4 Å². The fraction of sp³-hybridized carbons (Fsp3) is 0.500. The summed E-state index contributed by atoms with van der Waals surface area (Å²) >= 11 is 0. The summed E-state index contributed by atoms with van der Waals surface area (Å²) in [5.41, 5.74) is 0.884. The molecule has 2 fully saturated rings. The van der Waals surface area contributed by atoms with Gasteiger partial charge in [-0.05, 0) is 44.2 Å². The van der Waals surface area contributed by atoms with Crippen LogP contribution in [0.4, 0.5) is 0 Å². The molecule has 0 aliphatic carbocycles. The van der Waals surface area contributed by atoms with E-state index in [9.17, 15) is 14.7 Å². The first kappa shape index (κ1) is 14.8. The summed E-state index contributed by atoms with van der Waals surface area (Å²) in [5, 5.41) is 10.4. The fourth-order valence-electron chi connectivity index (χ4n) is 4.22. The number of β-amino-alcohol motifs (C(OH)–C–C–N with tert-alkyl or cyclic N) is 1. The van der Waals surface area contributed by atoms with E-state index in [1.165, 1.54) is 17.7 Å². The van der Waals surface area contributed by atoms with Crippen molar-refractivity contribution >= 4 is 11.8 Å². The van der Waals surface area contributed by atoms with Gasteiger partial charge in [-0.3, -0.25) is 19.4 Å². The van der Waals surface area contributed by atoms with Crippen LogP contribution in [-0.4, -0.2) is 58.0 Å². The highest BCUT2D eigenvalue weighted by Gasteiger charge is 2.40. The second kappa shape index (κ2) is 5.73. The molecule has 0 spiro atoms. The lowest BCUT2D eigenvalue weighted by atomic mass is 10.0. The van der Waals surface area contributed by atoms with Crippen LogP contribution in [0.2, 0.25) is 0 Å². The third-order valence-corrected chi connectivity index (χ3v) is 5.34. The second-order valence-electron chi connectivity index (χ2n) is 6.76. The van der Waals surface area contributed by atoms with Crippen molar-refractivity contribution in [2.75, 3.05) is 13.1 Å². The van der Waals surface area contributed by atoms with Crippen LogP contribution in [0.3, 0.4) is 0 Å². The maximum absolute atomic E-state index is 12.4. The molecule has 5 nitrogen and oxygen atoms in total. The van der Waals surface area contributed by atoms with Gasteiger partial charge in [0.15, 0.2) is 0 Å². The lowest BCUT2D eigenvalue weighted by Crippen LogP contribution is -2.48. The number of fused-ring (bicyclic) bond motifs is 3. The zero-order chi connectivity index (χ0) is 16.0.